The maximum Gasteiger partial charge on any atom is 0.251 e. The highest BCUT2D eigenvalue weighted by Crippen LogP contribution is 2.44. The summed E-state index contributed by atoms with van der Waals surface area (Å²) in [6.45, 7) is 6.53. The molecule has 0 aliphatic carbocycles. The third-order valence-corrected chi connectivity index (χ3v) is 4.86. The van der Waals surface area contributed by atoms with Gasteiger partial charge in [0.15, 0.2) is 0 Å². The average Bonchev–Trinajstić information content (AvgIpc) is 2.96. The minimum absolute atomic E-state index is 0.202. The third-order valence-electron chi connectivity index (χ3n) is 4.86. The number of hydrogen-bond donors (Lipinski definition) is 1. The van der Waals surface area contributed by atoms with Crippen LogP contribution < -0.4 is 4.74 Å². The Morgan fingerprint density at radius 2 is 2.23 bits per heavy atom. The number of nitrogens with zero attached hydrogens (tertiary/aromatic N) is 2. The minimum atomic E-state index is -0.934. The normalized spacial score (nSPS) is 23.7. The number of carbonyl (C=O) groups excluding carboxylic acids is 1. The fraction of sp³-hybridized carbons (Fsp3) is 0.500. The van der Waals surface area contributed by atoms with Crippen molar-refractivity contribution in [1.29, 1.82) is 5.26 Å². The lowest BCUT2D eigenvalue weighted by molar-refractivity contribution is -0.137. The molecule has 0 aromatic heterocycles. The van der Waals surface area contributed by atoms with E-state index in [0.717, 1.165) is 12.8 Å². The van der Waals surface area contributed by atoms with E-state index in [1.807, 2.05) is 0 Å². The lowest BCUT2D eigenvalue weighted by atomic mass is 9.85. The van der Waals surface area contributed by atoms with Crippen LogP contribution in [0.4, 0.5) is 0 Å². The SMILES string of the molecule is CCCCOC1=CC(=O)N([C@@H]2c3cc(C#N)ccc3OC(C)(C)[C@H]2O)C1. The van der Waals surface area contributed by atoms with Crippen LogP contribution >= 0.6 is 0 Å². The zero-order chi connectivity index (χ0) is 18.9. The highest BCUT2D eigenvalue weighted by molar-refractivity contribution is 5.91. The van der Waals surface area contributed by atoms with Crippen LogP contribution in [0.2, 0.25) is 0 Å². The summed E-state index contributed by atoms with van der Waals surface area (Å²) in [5, 5.41) is 20.1. The van der Waals surface area contributed by atoms with Crippen molar-refractivity contribution in [1.82, 2.24) is 4.90 Å². The molecule has 2 aliphatic heterocycles. The molecule has 0 saturated heterocycles. The van der Waals surface area contributed by atoms with Crippen LogP contribution in [0.15, 0.2) is 30.0 Å². The number of ether oxygens (including phenoxy) is 2. The summed E-state index contributed by atoms with van der Waals surface area (Å²) in [5.41, 5.74) is 0.244. The van der Waals surface area contributed by atoms with Crippen LogP contribution in [-0.2, 0) is 9.53 Å². The van der Waals surface area contributed by atoms with Crippen LogP contribution in [0, 0.1) is 11.3 Å². The van der Waals surface area contributed by atoms with E-state index in [4.69, 9.17) is 9.47 Å². The predicted molar refractivity (Wildman–Crippen MR) is 95.3 cm³/mol. The van der Waals surface area contributed by atoms with Crippen molar-refractivity contribution in [2.75, 3.05) is 13.2 Å². The summed E-state index contributed by atoms with van der Waals surface area (Å²) >= 11 is 0. The van der Waals surface area contributed by atoms with Gasteiger partial charge in [-0.2, -0.15) is 5.26 Å². The van der Waals surface area contributed by atoms with E-state index in [2.05, 4.69) is 13.0 Å². The lowest BCUT2D eigenvalue weighted by Gasteiger charge is -2.45. The van der Waals surface area contributed by atoms with E-state index in [0.29, 0.717) is 35.8 Å². The van der Waals surface area contributed by atoms with Crippen molar-refractivity contribution in [2.45, 2.75) is 51.4 Å². The molecule has 2 aliphatic rings. The van der Waals surface area contributed by atoms with Crippen LogP contribution in [-0.4, -0.2) is 40.8 Å². The Morgan fingerprint density at radius 1 is 1.46 bits per heavy atom. The summed E-state index contributed by atoms with van der Waals surface area (Å²) in [5.74, 6) is 0.988. The Balaban J connectivity index is 1.92. The van der Waals surface area contributed by atoms with Gasteiger partial charge in [-0.25, -0.2) is 0 Å². The molecule has 6 heteroatoms. The maximum absolute atomic E-state index is 12.6. The Kier molecular flexibility index (Phi) is 4.92. The zero-order valence-electron chi connectivity index (χ0n) is 15.4. The number of aliphatic hydroxyl groups excluding tert-OH is 1. The number of fused-ring (bicyclic) bond motifs is 1. The Labute approximate surface area is 153 Å². The highest BCUT2D eigenvalue weighted by Gasteiger charge is 2.47. The minimum Gasteiger partial charge on any atom is -0.496 e. The average molecular weight is 356 g/mol. The van der Waals surface area contributed by atoms with E-state index in [1.165, 1.54) is 6.08 Å². The van der Waals surface area contributed by atoms with Crippen molar-refractivity contribution in [3.8, 4) is 11.8 Å². The molecule has 2 atom stereocenters. The van der Waals surface area contributed by atoms with Crippen molar-refractivity contribution in [3.05, 3.63) is 41.2 Å². The number of nitriles is 1. The number of amides is 1. The van der Waals surface area contributed by atoms with Gasteiger partial charge in [0.05, 0.1) is 30.8 Å². The molecule has 138 valence electrons. The number of benzene rings is 1. The number of aliphatic hydroxyl groups is 1. The smallest absolute Gasteiger partial charge is 0.251 e. The van der Waals surface area contributed by atoms with Gasteiger partial charge < -0.3 is 19.5 Å². The van der Waals surface area contributed by atoms with E-state index in [9.17, 15) is 15.2 Å². The molecule has 26 heavy (non-hydrogen) atoms. The molecule has 0 saturated carbocycles. The Hall–Kier alpha value is -2.52. The van der Waals surface area contributed by atoms with Crippen LogP contribution in [0.1, 0.15) is 50.8 Å². The van der Waals surface area contributed by atoms with E-state index in [-0.39, 0.29) is 5.91 Å². The van der Waals surface area contributed by atoms with Crippen LogP contribution in [0.3, 0.4) is 0 Å². The Morgan fingerprint density at radius 3 is 2.92 bits per heavy atom. The van der Waals surface area contributed by atoms with Gasteiger partial charge in [0.25, 0.3) is 5.91 Å². The van der Waals surface area contributed by atoms with Gasteiger partial charge in [0.2, 0.25) is 0 Å². The quantitative estimate of drug-likeness (QED) is 0.820. The summed E-state index contributed by atoms with van der Waals surface area (Å²) in [6, 6.07) is 6.58. The molecule has 3 rings (SSSR count). The van der Waals surface area contributed by atoms with Gasteiger partial charge >= 0.3 is 0 Å². The monoisotopic (exact) mass is 356 g/mol. The predicted octanol–water partition coefficient (Wildman–Crippen LogP) is 2.67. The van der Waals surface area contributed by atoms with Gasteiger partial charge in [0, 0.05) is 11.6 Å². The van der Waals surface area contributed by atoms with E-state index >= 15 is 0 Å². The second-order valence-corrected chi connectivity index (χ2v) is 7.24. The molecule has 6 nitrogen and oxygen atoms in total. The standard InChI is InChI=1S/C20H24N2O4/c1-4-5-8-25-14-10-17(23)22(12-14)18-15-9-13(11-21)6-7-16(15)26-20(2,3)19(18)24/h6-7,9-10,18-19,24H,4-5,8,12H2,1-3H3/t18-,19+/m1/s1. The van der Waals surface area contributed by atoms with E-state index < -0.39 is 17.7 Å². The van der Waals surface area contributed by atoms with Gasteiger partial charge in [0.1, 0.15) is 23.2 Å². The lowest BCUT2D eigenvalue weighted by Crippen LogP contribution is -2.54. The van der Waals surface area contributed by atoms with E-state index in [1.54, 1.807) is 36.9 Å². The molecular formula is C20H24N2O4. The summed E-state index contributed by atoms with van der Waals surface area (Å²) in [6.07, 6.45) is 2.49. The molecule has 0 unspecified atom stereocenters. The summed E-state index contributed by atoms with van der Waals surface area (Å²) in [4.78, 5) is 14.2. The van der Waals surface area contributed by atoms with Crippen LogP contribution in [0.25, 0.3) is 0 Å². The first-order valence-electron chi connectivity index (χ1n) is 8.92. The molecule has 0 radical (unpaired) electrons. The maximum atomic E-state index is 12.6. The molecule has 1 N–H and O–H groups in total. The van der Waals surface area contributed by atoms with Crippen molar-refractivity contribution in [2.24, 2.45) is 0 Å². The van der Waals surface area contributed by atoms with Gasteiger partial charge in [-0.1, -0.05) is 13.3 Å². The number of carbonyl (C=O) groups is 1. The van der Waals surface area contributed by atoms with Gasteiger partial charge in [-0.15, -0.1) is 0 Å². The second kappa shape index (κ2) is 7.00. The van der Waals surface area contributed by atoms with Crippen molar-refractivity contribution in [3.63, 3.8) is 0 Å². The first-order valence-corrected chi connectivity index (χ1v) is 8.92. The van der Waals surface area contributed by atoms with Gasteiger partial charge in [-0.05, 0) is 38.5 Å². The largest absolute Gasteiger partial charge is 0.496 e. The molecule has 1 amide bonds. The van der Waals surface area contributed by atoms with Crippen molar-refractivity contribution >= 4 is 5.91 Å². The first kappa shape index (κ1) is 18.3. The fourth-order valence-electron chi connectivity index (χ4n) is 3.36. The summed E-state index contributed by atoms with van der Waals surface area (Å²) < 4.78 is 11.6. The number of rotatable bonds is 5. The number of unbranched alkanes of at least 4 members (excludes halogenated alkanes) is 1. The molecule has 1 aromatic rings. The Bertz CT molecular complexity index is 779. The molecule has 1 aromatic carbocycles. The molecule has 0 fully saturated rings. The van der Waals surface area contributed by atoms with Gasteiger partial charge in [-0.3, -0.25) is 4.79 Å². The molecule has 2 heterocycles. The number of hydrogen-bond acceptors (Lipinski definition) is 5. The molecule has 0 bridgehead atoms. The molecule has 0 spiro atoms. The van der Waals surface area contributed by atoms with Crippen LogP contribution in [0.5, 0.6) is 5.75 Å². The topological polar surface area (TPSA) is 82.8 Å². The fourth-order valence-corrected chi connectivity index (χ4v) is 3.36. The second-order valence-electron chi connectivity index (χ2n) is 7.24. The highest BCUT2D eigenvalue weighted by atomic mass is 16.5. The third kappa shape index (κ3) is 3.27. The zero-order valence-corrected chi connectivity index (χ0v) is 15.4. The van der Waals surface area contributed by atoms with Crippen molar-refractivity contribution < 1.29 is 19.4 Å². The summed E-state index contributed by atoms with van der Waals surface area (Å²) in [7, 11) is 0. The first-order chi connectivity index (χ1) is 12.4. The molecular weight excluding hydrogens is 332 g/mol.